The van der Waals surface area contributed by atoms with E-state index in [1.807, 2.05) is 0 Å². The first-order valence-corrected chi connectivity index (χ1v) is 6.54. The van der Waals surface area contributed by atoms with Crippen LogP contribution in [0.4, 0.5) is 4.79 Å². The van der Waals surface area contributed by atoms with Gasteiger partial charge in [0, 0.05) is 6.54 Å². The molecule has 0 radical (unpaired) electrons. The molecule has 0 aliphatic heterocycles. The molecular weight excluding hydrogens is 305 g/mol. The highest BCUT2D eigenvalue weighted by Gasteiger charge is 2.17. The van der Waals surface area contributed by atoms with Crippen LogP contribution in [0.5, 0.6) is 0 Å². The molecule has 110 valence electrons. The van der Waals surface area contributed by atoms with Crippen LogP contribution in [-0.2, 0) is 11.3 Å². The molecule has 0 spiro atoms. The molecule has 5 nitrogen and oxygen atoms in total. The number of carboxylic acid groups (broad SMARTS) is 1. The second-order valence-electron chi connectivity index (χ2n) is 5.10. The Morgan fingerprint density at radius 2 is 1.75 bits per heavy atom. The first-order chi connectivity index (χ1) is 9.10. The fraction of sp³-hybridized carbons (Fsp3) is 0.385. The molecule has 0 aliphatic rings. The highest BCUT2D eigenvalue weighted by atomic mass is 35.5. The Labute approximate surface area is 126 Å². The Balaban J connectivity index is 2.76. The summed E-state index contributed by atoms with van der Waals surface area (Å²) in [5.74, 6) is -1.20. The molecule has 0 saturated carbocycles. The van der Waals surface area contributed by atoms with Crippen molar-refractivity contribution in [3.8, 4) is 0 Å². The summed E-state index contributed by atoms with van der Waals surface area (Å²) in [6.07, 6.45) is -0.577. The molecule has 1 aromatic carbocycles. The molecule has 0 saturated heterocycles. The van der Waals surface area contributed by atoms with E-state index in [0.717, 1.165) is 0 Å². The summed E-state index contributed by atoms with van der Waals surface area (Å²) in [7, 11) is 0. The smallest absolute Gasteiger partial charge is 0.407 e. The van der Waals surface area contributed by atoms with E-state index < -0.39 is 17.7 Å². The van der Waals surface area contributed by atoms with Gasteiger partial charge in [0.1, 0.15) is 5.60 Å². The minimum atomic E-state index is -1.20. The number of rotatable bonds is 3. The molecule has 0 bridgehead atoms. The number of carbonyl (C=O) groups excluding carboxylic acids is 1. The van der Waals surface area contributed by atoms with Crippen molar-refractivity contribution in [2.24, 2.45) is 0 Å². The minimum absolute atomic E-state index is 0.0194. The van der Waals surface area contributed by atoms with Crippen LogP contribution in [0.1, 0.15) is 36.7 Å². The van der Waals surface area contributed by atoms with Gasteiger partial charge in [0.25, 0.3) is 0 Å². The number of halogens is 2. The number of ether oxygens (including phenoxy) is 1. The predicted octanol–water partition coefficient (Wildman–Crippen LogP) is 3.72. The molecule has 2 N–H and O–H groups in total. The second kappa shape index (κ2) is 6.33. The zero-order chi connectivity index (χ0) is 15.5. The van der Waals surface area contributed by atoms with E-state index in [0.29, 0.717) is 5.56 Å². The minimum Gasteiger partial charge on any atom is -0.478 e. The van der Waals surface area contributed by atoms with Crippen molar-refractivity contribution in [3.63, 3.8) is 0 Å². The van der Waals surface area contributed by atoms with E-state index >= 15 is 0 Å². The fourth-order valence-corrected chi connectivity index (χ4v) is 2.11. The second-order valence-corrected chi connectivity index (χ2v) is 5.91. The fourth-order valence-electron chi connectivity index (χ4n) is 1.42. The normalized spacial score (nSPS) is 11.1. The summed E-state index contributed by atoms with van der Waals surface area (Å²) in [5.41, 5.74) is -0.169. The third kappa shape index (κ3) is 4.90. The standard InChI is InChI=1S/C13H15Cl2NO4/c1-13(2,3)20-12(19)16-6-7-4-8(14)10(11(17)18)9(15)5-7/h4-5H,6H2,1-3H3,(H,16,19)(H,17,18). The molecule has 20 heavy (non-hydrogen) atoms. The van der Waals surface area contributed by atoms with Gasteiger partial charge in [-0.15, -0.1) is 0 Å². The zero-order valence-electron chi connectivity index (χ0n) is 11.3. The molecule has 0 heterocycles. The van der Waals surface area contributed by atoms with Crippen LogP contribution in [0.3, 0.4) is 0 Å². The van der Waals surface area contributed by atoms with Gasteiger partial charge in [0.15, 0.2) is 0 Å². The van der Waals surface area contributed by atoms with Crippen LogP contribution in [-0.4, -0.2) is 22.8 Å². The Bertz CT molecular complexity index is 515. The maximum Gasteiger partial charge on any atom is 0.407 e. The molecule has 1 aromatic rings. The van der Waals surface area contributed by atoms with E-state index in [-0.39, 0.29) is 22.2 Å². The molecule has 0 atom stereocenters. The zero-order valence-corrected chi connectivity index (χ0v) is 12.8. The van der Waals surface area contributed by atoms with E-state index in [1.165, 1.54) is 12.1 Å². The van der Waals surface area contributed by atoms with Crippen molar-refractivity contribution >= 4 is 35.3 Å². The van der Waals surface area contributed by atoms with Gasteiger partial charge in [0.2, 0.25) is 0 Å². The van der Waals surface area contributed by atoms with Gasteiger partial charge in [-0.3, -0.25) is 0 Å². The van der Waals surface area contributed by atoms with Crippen molar-refractivity contribution < 1.29 is 19.4 Å². The number of amides is 1. The number of carboxylic acids is 1. The van der Waals surface area contributed by atoms with Crippen LogP contribution in [0.15, 0.2) is 12.1 Å². The lowest BCUT2D eigenvalue weighted by atomic mass is 10.1. The molecule has 0 fully saturated rings. The number of benzene rings is 1. The van der Waals surface area contributed by atoms with E-state index in [9.17, 15) is 9.59 Å². The van der Waals surface area contributed by atoms with Crippen molar-refractivity contribution in [1.29, 1.82) is 0 Å². The van der Waals surface area contributed by atoms with Gasteiger partial charge in [-0.25, -0.2) is 9.59 Å². The summed E-state index contributed by atoms with van der Waals surface area (Å²) in [5, 5.41) is 11.5. The molecule has 0 aliphatic carbocycles. The highest BCUT2D eigenvalue weighted by molar-refractivity contribution is 6.39. The van der Waals surface area contributed by atoms with Crippen LogP contribution < -0.4 is 5.32 Å². The molecular formula is C13H15Cl2NO4. The lowest BCUT2D eigenvalue weighted by Gasteiger charge is -2.19. The lowest BCUT2D eigenvalue weighted by Crippen LogP contribution is -2.32. The topological polar surface area (TPSA) is 75.6 Å². The van der Waals surface area contributed by atoms with Gasteiger partial charge in [0.05, 0.1) is 15.6 Å². The van der Waals surface area contributed by atoms with E-state index in [2.05, 4.69) is 5.32 Å². The van der Waals surface area contributed by atoms with Crippen molar-refractivity contribution in [1.82, 2.24) is 5.32 Å². The van der Waals surface area contributed by atoms with Crippen molar-refractivity contribution in [2.75, 3.05) is 0 Å². The summed E-state index contributed by atoms with van der Waals surface area (Å²) in [4.78, 5) is 22.4. The lowest BCUT2D eigenvalue weighted by molar-refractivity contribution is 0.0522. The Hall–Kier alpha value is -1.46. The van der Waals surface area contributed by atoms with Gasteiger partial charge in [-0.05, 0) is 38.5 Å². The molecule has 7 heteroatoms. The number of hydrogen-bond acceptors (Lipinski definition) is 3. The third-order valence-electron chi connectivity index (χ3n) is 2.15. The average Bonchev–Trinajstić information content (AvgIpc) is 2.22. The third-order valence-corrected chi connectivity index (χ3v) is 2.75. The number of aromatic carboxylic acids is 1. The van der Waals surface area contributed by atoms with Crippen LogP contribution in [0, 0.1) is 0 Å². The average molecular weight is 320 g/mol. The first-order valence-electron chi connectivity index (χ1n) is 5.78. The maximum absolute atomic E-state index is 11.5. The molecule has 1 rings (SSSR count). The van der Waals surface area contributed by atoms with Crippen LogP contribution >= 0.6 is 23.2 Å². The largest absolute Gasteiger partial charge is 0.478 e. The Morgan fingerprint density at radius 3 is 2.15 bits per heavy atom. The van der Waals surface area contributed by atoms with Gasteiger partial charge in [-0.2, -0.15) is 0 Å². The maximum atomic E-state index is 11.5. The van der Waals surface area contributed by atoms with Crippen molar-refractivity contribution in [2.45, 2.75) is 32.9 Å². The summed E-state index contributed by atoms with van der Waals surface area (Å²) in [6, 6.07) is 2.88. The number of hydrogen-bond donors (Lipinski definition) is 2. The summed E-state index contributed by atoms with van der Waals surface area (Å²) in [6.45, 7) is 5.39. The number of nitrogens with one attached hydrogen (secondary N) is 1. The molecule has 0 unspecified atom stereocenters. The number of alkyl carbamates (subject to hydrolysis) is 1. The van der Waals surface area contributed by atoms with E-state index in [4.69, 9.17) is 33.0 Å². The van der Waals surface area contributed by atoms with Gasteiger partial charge >= 0.3 is 12.1 Å². The molecule has 1 amide bonds. The molecule has 0 aromatic heterocycles. The van der Waals surface area contributed by atoms with E-state index in [1.54, 1.807) is 20.8 Å². The monoisotopic (exact) mass is 319 g/mol. The Morgan fingerprint density at radius 1 is 1.25 bits per heavy atom. The highest BCUT2D eigenvalue weighted by Crippen LogP contribution is 2.26. The van der Waals surface area contributed by atoms with Crippen LogP contribution in [0.2, 0.25) is 10.0 Å². The van der Waals surface area contributed by atoms with Gasteiger partial charge in [-0.1, -0.05) is 23.2 Å². The Kier molecular flexibility index (Phi) is 5.25. The number of carbonyl (C=O) groups is 2. The SMILES string of the molecule is CC(C)(C)OC(=O)NCc1cc(Cl)c(C(=O)O)c(Cl)c1. The first kappa shape index (κ1) is 16.6. The quantitative estimate of drug-likeness (QED) is 0.890. The van der Waals surface area contributed by atoms with Gasteiger partial charge < -0.3 is 15.2 Å². The van der Waals surface area contributed by atoms with Crippen molar-refractivity contribution in [3.05, 3.63) is 33.3 Å². The predicted molar refractivity (Wildman–Crippen MR) is 76.5 cm³/mol. The summed E-state index contributed by atoms with van der Waals surface area (Å²) >= 11 is 11.7. The van der Waals surface area contributed by atoms with Crippen LogP contribution in [0.25, 0.3) is 0 Å². The summed E-state index contributed by atoms with van der Waals surface area (Å²) < 4.78 is 5.07.